The molecular weight excluding hydrogens is 449 g/mol. The summed E-state index contributed by atoms with van der Waals surface area (Å²) in [5, 5.41) is 13.1. The lowest BCUT2D eigenvalue weighted by molar-refractivity contribution is -0.160. The third-order valence-electron chi connectivity index (χ3n) is 7.47. The smallest absolute Gasteiger partial charge is 0.353 e. The highest BCUT2D eigenvalue weighted by Crippen LogP contribution is 2.53. The number of amides is 2. The molecule has 0 saturated carbocycles. The second-order valence-corrected chi connectivity index (χ2v) is 11.1. The van der Waals surface area contributed by atoms with Gasteiger partial charge in [-0.05, 0) is 18.8 Å². The van der Waals surface area contributed by atoms with Gasteiger partial charge in [0.2, 0.25) is 11.8 Å². The number of halogens is 1. The standard InChI is InChI=1S/C23H32FN3O5S/c1-4-14(28)7-11(2)17-18-12(3)20(19(23(31)32)27(18)22(17)30)33-15-8-16(25-9-15)21(29)26-6-5-13(24)10-26/h11-13,15-18,25H,4-10H2,1-3H3,(H,31,32)/t11-,12+,13-,15-,16-,17+,18?/m0/s1. The van der Waals surface area contributed by atoms with Crippen molar-refractivity contribution in [3.05, 3.63) is 10.6 Å². The monoisotopic (exact) mass is 481 g/mol. The number of carboxylic acid groups (broad SMARTS) is 1. The van der Waals surface area contributed by atoms with Crippen molar-refractivity contribution in [1.29, 1.82) is 0 Å². The van der Waals surface area contributed by atoms with Crippen LogP contribution in [0.15, 0.2) is 10.6 Å². The van der Waals surface area contributed by atoms with E-state index in [2.05, 4.69) is 5.32 Å². The predicted octanol–water partition coefficient (Wildman–Crippen LogP) is 1.80. The van der Waals surface area contributed by atoms with Crippen LogP contribution in [-0.4, -0.2) is 81.6 Å². The van der Waals surface area contributed by atoms with Crippen LogP contribution in [0.2, 0.25) is 0 Å². The lowest BCUT2D eigenvalue weighted by Gasteiger charge is -2.47. The first-order valence-electron chi connectivity index (χ1n) is 11.8. The Hall–Kier alpha value is -1.94. The summed E-state index contributed by atoms with van der Waals surface area (Å²) in [6.45, 7) is 6.75. The summed E-state index contributed by atoms with van der Waals surface area (Å²) in [4.78, 5) is 53.3. The molecule has 1 unspecified atom stereocenters. The summed E-state index contributed by atoms with van der Waals surface area (Å²) < 4.78 is 13.5. The van der Waals surface area contributed by atoms with Crippen molar-refractivity contribution in [2.75, 3.05) is 19.6 Å². The zero-order valence-electron chi connectivity index (χ0n) is 19.3. The van der Waals surface area contributed by atoms with Crippen LogP contribution in [0.25, 0.3) is 0 Å². The number of likely N-dealkylation sites (tertiary alicyclic amines) is 1. The van der Waals surface area contributed by atoms with Gasteiger partial charge in [0.1, 0.15) is 17.7 Å². The maximum atomic E-state index is 13.5. The molecule has 0 aliphatic carbocycles. The van der Waals surface area contributed by atoms with Crippen molar-refractivity contribution < 1.29 is 28.7 Å². The Morgan fingerprint density at radius 3 is 2.67 bits per heavy atom. The van der Waals surface area contributed by atoms with Gasteiger partial charge in [0.25, 0.3) is 0 Å². The zero-order valence-corrected chi connectivity index (χ0v) is 20.1. The summed E-state index contributed by atoms with van der Waals surface area (Å²) in [5.41, 5.74) is 0.0439. The third kappa shape index (κ3) is 4.32. The van der Waals surface area contributed by atoms with Gasteiger partial charge < -0.3 is 20.2 Å². The molecule has 4 aliphatic rings. The molecular formula is C23H32FN3O5S. The lowest BCUT2D eigenvalue weighted by atomic mass is 9.73. The third-order valence-corrected chi connectivity index (χ3v) is 8.98. The van der Waals surface area contributed by atoms with Crippen LogP contribution in [-0.2, 0) is 19.2 Å². The van der Waals surface area contributed by atoms with Gasteiger partial charge in [-0.3, -0.25) is 14.4 Å². The van der Waals surface area contributed by atoms with Gasteiger partial charge in [0.05, 0.1) is 24.5 Å². The molecule has 0 spiro atoms. The van der Waals surface area contributed by atoms with E-state index in [9.17, 15) is 28.7 Å². The van der Waals surface area contributed by atoms with Crippen LogP contribution in [0, 0.1) is 17.8 Å². The molecule has 33 heavy (non-hydrogen) atoms. The van der Waals surface area contributed by atoms with Crippen molar-refractivity contribution in [3.8, 4) is 0 Å². The van der Waals surface area contributed by atoms with Gasteiger partial charge in [0, 0.05) is 42.0 Å². The van der Waals surface area contributed by atoms with Gasteiger partial charge in [-0.15, -0.1) is 11.8 Å². The Balaban J connectivity index is 1.44. The first-order chi connectivity index (χ1) is 15.6. The molecule has 7 atom stereocenters. The first-order valence-corrected chi connectivity index (χ1v) is 12.7. The van der Waals surface area contributed by atoms with E-state index in [1.807, 2.05) is 13.8 Å². The van der Waals surface area contributed by atoms with Crippen LogP contribution in [0.1, 0.15) is 46.5 Å². The Bertz CT molecular complexity index is 895. The van der Waals surface area contributed by atoms with Gasteiger partial charge in [-0.2, -0.15) is 0 Å². The highest BCUT2D eigenvalue weighted by atomic mass is 32.2. The molecule has 0 bridgehead atoms. The van der Waals surface area contributed by atoms with Crippen LogP contribution < -0.4 is 5.32 Å². The van der Waals surface area contributed by atoms with Crippen molar-refractivity contribution in [1.82, 2.24) is 15.1 Å². The zero-order chi connectivity index (χ0) is 24.0. The number of hydrogen-bond acceptors (Lipinski definition) is 6. The van der Waals surface area contributed by atoms with E-state index in [0.717, 1.165) is 0 Å². The number of carbonyl (C=O) groups is 4. The largest absolute Gasteiger partial charge is 0.477 e. The van der Waals surface area contributed by atoms with E-state index in [1.54, 1.807) is 11.8 Å². The Kier molecular flexibility index (Phi) is 6.87. The average molecular weight is 482 g/mol. The average Bonchev–Trinajstić information content (AvgIpc) is 3.46. The molecule has 0 radical (unpaired) electrons. The molecule has 8 nitrogen and oxygen atoms in total. The fourth-order valence-corrected chi connectivity index (χ4v) is 7.18. The fraction of sp³-hybridized carbons (Fsp3) is 0.739. The summed E-state index contributed by atoms with van der Waals surface area (Å²) in [6.07, 6.45) is 0.684. The highest BCUT2D eigenvalue weighted by molar-refractivity contribution is 8.03. The predicted molar refractivity (Wildman–Crippen MR) is 121 cm³/mol. The number of nitrogens with zero attached hydrogens (tertiary/aromatic N) is 2. The molecule has 4 rings (SSSR count). The van der Waals surface area contributed by atoms with E-state index in [4.69, 9.17) is 0 Å². The van der Waals surface area contributed by atoms with Crippen molar-refractivity contribution >= 4 is 35.3 Å². The second kappa shape index (κ2) is 9.37. The van der Waals surface area contributed by atoms with E-state index in [-0.39, 0.29) is 58.9 Å². The number of carboxylic acids is 1. The van der Waals surface area contributed by atoms with Gasteiger partial charge in [-0.25, -0.2) is 9.18 Å². The van der Waals surface area contributed by atoms with E-state index in [1.165, 1.54) is 16.7 Å². The molecule has 10 heteroatoms. The number of nitrogens with one attached hydrogen (secondary N) is 1. The lowest BCUT2D eigenvalue weighted by Crippen LogP contribution is -2.62. The maximum Gasteiger partial charge on any atom is 0.353 e. The Labute approximate surface area is 197 Å². The number of fused-ring (bicyclic) bond motifs is 1. The molecule has 3 fully saturated rings. The number of alkyl halides is 1. The molecule has 0 aromatic rings. The summed E-state index contributed by atoms with van der Waals surface area (Å²) >= 11 is 1.44. The first kappa shape index (κ1) is 24.2. The van der Waals surface area contributed by atoms with Crippen LogP contribution in [0.5, 0.6) is 0 Å². The molecule has 4 aliphatic heterocycles. The molecule has 0 aromatic carbocycles. The summed E-state index contributed by atoms with van der Waals surface area (Å²) in [5.74, 6) is -1.98. The van der Waals surface area contributed by atoms with Crippen molar-refractivity contribution in [2.24, 2.45) is 17.8 Å². The molecule has 4 heterocycles. The topological polar surface area (TPSA) is 107 Å². The second-order valence-electron chi connectivity index (χ2n) is 9.71. The van der Waals surface area contributed by atoms with Gasteiger partial charge >= 0.3 is 5.97 Å². The number of β-lactam (4-membered cyclic amide) rings is 1. The molecule has 2 N–H and O–H groups in total. The van der Waals surface area contributed by atoms with E-state index >= 15 is 0 Å². The van der Waals surface area contributed by atoms with Crippen LogP contribution in [0.4, 0.5) is 4.39 Å². The number of aliphatic carboxylic acids is 1. The quantitative estimate of drug-likeness (QED) is 0.509. The Morgan fingerprint density at radius 2 is 2.06 bits per heavy atom. The SMILES string of the molecule is CCC(=O)C[C@H](C)[C@H]1C(=O)N2C(C(=O)O)=C(S[C@@H]3CN[C@H](C(=O)N4CC[C@H](F)C4)C3)[C@H](C)C12. The number of rotatable bonds is 8. The highest BCUT2D eigenvalue weighted by Gasteiger charge is 2.60. The molecule has 2 amide bonds. The van der Waals surface area contributed by atoms with Crippen LogP contribution >= 0.6 is 11.8 Å². The summed E-state index contributed by atoms with van der Waals surface area (Å²) in [6, 6.07) is -0.645. The molecule has 3 saturated heterocycles. The summed E-state index contributed by atoms with van der Waals surface area (Å²) in [7, 11) is 0. The number of Topliss-reactive ketones (excluding diaryl/α,β-unsaturated/α-hetero) is 1. The normalized spacial score (nSPS) is 34.5. The minimum atomic E-state index is -1.12. The van der Waals surface area contributed by atoms with E-state index in [0.29, 0.717) is 43.7 Å². The minimum Gasteiger partial charge on any atom is -0.477 e. The van der Waals surface area contributed by atoms with Gasteiger partial charge in [-0.1, -0.05) is 20.8 Å². The molecule has 0 aromatic heterocycles. The number of ketones is 1. The Morgan fingerprint density at radius 1 is 1.33 bits per heavy atom. The minimum absolute atomic E-state index is 0.0131. The maximum absolute atomic E-state index is 13.5. The number of hydrogen-bond donors (Lipinski definition) is 2. The van der Waals surface area contributed by atoms with Gasteiger partial charge in [0.15, 0.2) is 0 Å². The number of thioether (sulfide) groups is 1. The van der Waals surface area contributed by atoms with E-state index < -0.39 is 18.2 Å². The van der Waals surface area contributed by atoms with Crippen molar-refractivity contribution in [3.63, 3.8) is 0 Å². The van der Waals surface area contributed by atoms with Crippen LogP contribution in [0.3, 0.4) is 0 Å². The number of carbonyl (C=O) groups excluding carboxylic acids is 3. The molecule has 182 valence electrons. The fourth-order valence-electron chi connectivity index (χ4n) is 5.70. The van der Waals surface area contributed by atoms with Crippen molar-refractivity contribution in [2.45, 2.75) is 70.0 Å².